The fourth-order valence-corrected chi connectivity index (χ4v) is 2.09. The zero-order valence-corrected chi connectivity index (χ0v) is 11.1. The molecule has 0 saturated heterocycles. The van der Waals surface area contributed by atoms with Gasteiger partial charge in [-0.3, -0.25) is 9.69 Å². The maximum absolute atomic E-state index is 12.0. The molecule has 20 heavy (non-hydrogen) atoms. The van der Waals surface area contributed by atoms with E-state index in [1.807, 2.05) is 67.7 Å². The molecule has 3 rings (SSSR count). The molecule has 0 fully saturated rings. The highest BCUT2D eigenvalue weighted by atomic mass is 16.5. The zero-order chi connectivity index (χ0) is 13.9. The van der Waals surface area contributed by atoms with Crippen LogP contribution in [0.25, 0.3) is 0 Å². The fraction of sp³-hybridized carbons (Fsp3) is 0.125. The Labute approximate surface area is 117 Å². The Balaban J connectivity index is 1.81. The number of hydrogen-bond donors (Lipinski definition) is 0. The summed E-state index contributed by atoms with van der Waals surface area (Å²) in [6.45, 7) is 0. The van der Waals surface area contributed by atoms with Crippen LogP contribution in [0.4, 0.5) is 5.69 Å². The van der Waals surface area contributed by atoms with Crippen molar-refractivity contribution in [2.24, 2.45) is 4.99 Å². The molecule has 0 radical (unpaired) electrons. The standard InChI is InChI=1S/C16H14N2O2/c1-18(13-10-6-3-7-11-13)16-17-15(19)14(20-16)12-8-4-2-5-9-12/h2-11,14H,1H3/t14-/m1/s1. The Morgan fingerprint density at radius 2 is 1.60 bits per heavy atom. The van der Waals surface area contributed by atoms with Crippen molar-refractivity contribution >= 4 is 17.6 Å². The van der Waals surface area contributed by atoms with E-state index in [-0.39, 0.29) is 5.91 Å². The second-order valence-electron chi connectivity index (χ2n) is 4.54. The Bertz CT molecular complexity index is 638. The topological polar surface area (TPSA) is 41.9 Å². The van der Waals surface area contributed by atoms with Crippen molar-refractivity contribution < 1.29 is 9.53 Å². The summed E-state index contributed by atoms with van der Waals surface area (Å²) in [6.07, 6.45) is -0.641. The molecule has 2 aromatic carbocycles. The lowest BCUT2D eigenvalue weighted by atomic mass is 10.1. The van der Waals surface area contributed by atoms with Gasteiger partial charge in [-0.25, -0.2) is 0 Å². The van der Waals surface area contributed by atoms with Crippen LogP contribution in [0.5, 0.6) is 0 Å². The summed E-state index contributed by atoms with van der Waals surface area (Å²) in [4.78, 5) is 17.8. The quantitative estimate of drug-likeness (QED) is 0.839. The summed E-state index contributed by atoms with van der Waals surface area (Å²) in [6, 6.07) is 19.4. The van der Waals surface area contributed by atoms with E-state index in [1.165, 1.54) is 0 Å². The number of nitrogens with zero attached hydrogens (tertiary/aromatic N) is 2. The zero-order valence-electron chi connectivity index (χ0n) is 11.1. The Morgan fingerprint density at radius 3 is 2.25 bits per heavy atom. The number of amidine groups is 1. The van der Waals surface area contributed by atoms with Crippen molar-refractivity contribution in [3.63, 3.8) is 0 Å². The van der Waals surface area contributed by atoms with Gasteiger partial charge in [0.2, 0.25) is 6.10 Å². The first kappa shape index (κ1) is 12.4. The monoisotopic (exact) mass is 266 g/mol. The largest absolute Gasteiger partial charge is 0.446 e. The molecular weight excluding hydrogens is 252 g/mol. The summed E-state index contributed by atoms with van der Waals surface area (Å²) in [5.74, 6) is -0.269. The number of rotatable bonds is 2. The highest BCUT2D eigenvalue weighted by Crippen LogP contribution is 2.26. The van der Waals surface area contributed by atoms with E-state index in [4.69, 9.17) is 4.74 Å². The average molecular weight is 266 g/mol. The molecule has 1 atom stereocenters. The molecule has 100 valence electrons. The van der Waals surface area contributed by atoms with Crippen LogP contribution in [0.1, 0.15) is 11.7 Å². The molecule has 2 aromatic rings. The predicted octanol–water partition coefficient (Wildman–Crippen LogP) is 2.78. The third kappa shape index (κ3) is 2.28. The van der Waals surface area contributed by atoms with Gasteiger partial charge >= 0.3 is 6.02 Å². The van der Waals surface area contributed by atoms with Crippen LogP contribution in [-0.2, 0) is 9.53 Å². The minimum Gasteiger partial charge on any atom is -0.446 e. The van der Waals surface area contributed by atoms with Crippen molar-refractivity contribution in [3.8, 4) is 0 Å². The van der Waals surface area contributed by atoms with Crippen LogP contribution in [0, 0.1) is 0 Å². The number of ether oxygens (including phenoxy) is 1. The summed E-state index contributed by atoms with van der Waals surface area (Å²) < 4.78 is 5.70. The van der Waals surface area contributed by atoms with Gasteiger partial charge in [-0.1, -0.05) is 48.5 Å². The molecule has 0 aromatic heterocycles. The molecule has 1 aliphatic rings. The number of carbonyl (C=O) groups excluding carboxylic acids is 1. The Morgan fingerprint density at radius 1 is 1.00 bits per heavy atom. The average Bonchev–Trinajstić information content (AvgIpc) is 2.90. The smallest absolute Gasteiger partial charge is 0.300 e. The van der Waals surface area contributed by atoms with Crippen molar-refractivity contribution in [3.05, 3.63) is 66.2 Å². The van der Waals surface area contributed by atoms with Crippen molar-refractivity contribution in [2.75, 3.05) is 11.9 Å². The van der Waals surface area contributed by atoms with E-state index in [0.29, 0.717) is 6.02 Å². The van der Waals surface area contributed by atoms with Crippen molar-refractivity contribution in [1.82, 2.24) is 0 Å². The molecule has 4 heteroatoms. The molecule has 0 N–H and O–H groups in total. The normalized spacial score (nSPS) is 17.6. The molecule has 1 aliphatic heterocycles. The third-order valence-electron chi connectivity index (χ3n) is 3.19. The highest BCUT2D eigenvalue weighted by Gasteiger charge is 2.32. The van der Waals surface area contributed by atoms with E-state index in [9.17, 15) is 4.79 Å². The van der Waals surface area contributed by atoms with Gasteiger partial charge in [0, 0.05) is 18.3 Å². The van der Waals surface area contributed by atoms with Crippen molar-refractivity contribution in [2.45, 2.75) is 6.10 Å². The van der Waals surface area contributed by atoms with E-state index < -0.39 is 6.10 Å². The number of carbonyl (C=O) groups is 1. The van der Waals surface area contributed by atoms with Crippen LogP contribution in [0.3, 0.4) is 0 Å². The second kappa shape index (κ2) is 5.17. The molecule has 1 amide bonds. The minimum atomic E-state index is -0.641. The summed E-state index contributed by atoms with van der Waals surface area (Å²) >= 11 is 0. The van der Waals surface area contributed by atoms with E-state index >= 15 is 0 Å². The van der Waals surface area contributed by atoms with Crippen LogP contribution >= 0.6 is 0 Å². The lowest BCUT2D eigenvalue weighted by molar-refractivity contribution is -0.122. The number of aliphatic imine (C=N–C) groups is 1. The molecule has 0 unspecified atom stereocenters. The molecule has 0 bridgehead atoms. The first-order valence-corrected chi connectivity index (χ1v) is 6.38. The Kier molecular flexibility index (Phi) is 3.21. The maximum atomic E-state index is 12.0. The second-order valence-corrected chi connectivity index (χ2v) is 4.54. The summed E-state index contributed by atoms with van der Waals surface area (Å²) in [7, 11) is 1.83. The number of para-hydroxylation sites is 1. The summed E-state index contributed by atoms with van der Waals surface area (Å²) in [5, 5.41) is 0. The van der Waals surface area contributed by atoms with Crippen LogP contribution in [-0.4, -0.2) is 19.0 Å². The maximum Gasteiger partial charge on any atom is 0.300 e. The van der Waals surface area contributed by atoms with Gasteiger partial charge < -0.3 is 4.74 Å². The SMILES string of the molecule is CN(C1=NC(=O)[C@@H](c2ccccc2)O1)c1ccccc1. The lowest BCUT2D eigenvalue weighted by Gasteiger charge is -2.19. The van der Waals surface area contributed by atoms with Gasteiger partial charge in [-0.05, 0) is 12.1 Å². The van der Waals surface area contributed by atoms with Gasteiger partial charge in [0.25, 0.3) is 5.91 Å². The molecule has 0 spiro atoms. The molecule has 0 aliphatic carbocycles. The van der Waals surface area contributed by atoms with E-state index in [2.05, 4.69) is 4.99 Å². The first-order chi connectivity index (χ1) is 9.75. The van der Waals surface area contributed by atoms with Crippen molar-refractivity contribution in [1.29, 1.82) is 0 Å². The Hall–Kier alpha value is -2.62. The molecule has 4 nitrogen and oxygen atoms in total. The van der Waals surface area contributed by atoms with Gasteiger partial charge in [-0.2, -0.15) is 4.99 Å². The number of benzene rings is 2. The summed E-state index contributed by atoms with van der Waals surface area (Å²) in [5.41, 5.74) is 1.74. The first-order valence-electron chi connectivity index (χ1n) is 6.38. The van der Waals surface area contributed by atoms with Gasteiger partial charge in [0.15, 0.2) is 0 Å². The van der Waals surface area contributed by atoms with Crippen LogP contribution in [0.15, 0.2) is 65.7 Å². The van der Waals surface area contributed by atoms with Gasteiger partial charge in [0.05, 0.1) is 0 Å². The van der Waals surface area contributed by atoms with Gasteiger partial charge in [-0.15, -0.1) is 0 Å². The van der Waals surface area contributed by atoms with Gasteiger partial charge in [0.1, 0.15) is 0 Å². The molecular formula is C16H14N2O2. The minimum absolute atomic E-state index is 0.269. The van der Waals surface area contributed by atoms with E-state index in [1.54, 1.807) is 4.90 Å². The lowest BCUT2D eigenvalue weighted by Crippen LogP contribution is -2.26. The highest BCUT2D eigenvalue weighted by molar-refractivity contribution is 6.05. The third-order valence-corrected chi connectivity index (χ3v) is 3.19. The molecule has 1 heterocycles. The van der Waals surface area contributed by atoms with E-state index in [0.717, 1.165) is 11.3 Å². The fourth-order valence-electron chi connectivity index (χ4n) is 2.09. The molecule has 0 saturated carbocycles. The van der Waals surface area contributed by atoms with Crippen LogP contribution < -0.4 is 4.90 Å². The number of amides is 1. The number of anilines is 1. The van der Waals surface area contributed by atoms with Crippen LogP contribution in [0.2, 0.25) is 0 Å². The predicted molar refractivity (Wildman–Crippen MR) is 77.6 cm³/mol. The number of hydrogen-bond acceptors (Lipinski definition) is 3.